The highest BCUT2D eigenvalue weighted by atomic mass is 32.2. The Labute approximate surface area is 117 Å². The van der Waals surface area contributed by atoms with Crippen LogP contribution < -0.4 is 0 Å². The zero-order chi connectivity index (χ0) is 13.2. The molecule has 2 nitrogen and oxygen atoms in total. The Morgan fingerprint density at radius 3 is 2.67 bits per heavy atom. The smallest absolute Gasteiger partial charge is 0.0558 e. The summed E-state index contributed by atoms with van der Waals surface area (Å²) in [6, 6.07) is 9.88. The summed E-state index contributed by atoms with van der Waals surface area (Å²) >= 11 is 1.74. The van der Waals surface area contributed by atoms with Gasteiger partial charge >= 0.3 is 0 Å². The summed E-state index contributed by atoms with van der Waals surface area (Å²) in [7, 11) is -0.887. The molecule has 2 atom stereocenters. The standard InChI is InChI=1S/C14H22O2S2/c1-2-3-9-17-14(10-15)12-18(16)11-13-7-5-4-6-8-13/h4-8,14-15H,2-3,9-12H2,1H3/t14-,18-/m1/s1. The van der Waals surface area contributed by atoms with Crippen molar-refractivity contribution in [2.24, 2.45) is 0 Å². The first kappa shape index (κ1) is 15.7. The molecule has 0 aliphatic heterocycles. The molecule has 0 aromatic heterocycles. The van der Waals surface area contributed by atoms with Crippen LogP contribution in [0.1, 0.15) is 25.3 Å². The van der Waals surface area contributed by atoms with E-state index in [4.69, 9.17) is 0 Å². The van der Waals surface area contributed by atoms with Gasteiger partial charge in [0.1, 0.15) is 0 Å². The molecule has 4 heteroatoms. The van der Waals surface area contributed by atoms with Gasteiger partial charge in [0.05, 0.1) is 6.61 Å². The fourth-order valence-corrected chi connectivity index (χ4v) is 4.51. The number of benzene rings is 1. The molecule has 18 heavy (non-hydrogen) atoms. The van der Waals surface area contributed by atoms with Gasteiger partial charge in [0.25, 0.3) is 0 Å². The van der Waals surface area contributed by atoms with Crippen LogP contribution in [0.4, 0.5) is 0 Å². The molecule has 0 bridgehead atoms. The van der Waals surface area contributed by atoms with Gasteiger partial charge in [0, 0.05) is 27.6 Å². The quantitative estimate of drug-likeness (QED) is 0.709. The summed E-state index contributed by atoms with van der Waals surface area (Å²) in [6.07, 6.45) is 2.32. The summed E-state index contributed by atoms with van der Waals surface area (Å²) < 4.78 is 12.0. The highest BCUT2D eigenvalue weighted by Crippen LogP contribution is 2.15. The van der Waals surface area contributed by atoms with Gasteiger partial charge in [0.15, 0.2) is 0 Å². The van der Waals surface area contributed by atoms with E-state index in [0.29, 0.717) is 11.5 Å². The number of unbranched alkanes of at least 4 members (excludes halogenated alkanes) is 1. The lowest BCUT2D eigenvalue weighted by Gasteiger charge is -2.13. The molecule has 0 unspecified atom stereocenters. The molecule has 0 radical (unpaired) electrons. The number of aliphatic hydroxyl groups is 1. The van der Waals surface area contributed by atoms with Crippen LogP contribution in [0.15, 0.2) is 30.3 Å². The lowest BCUT2D eigenvalue weighted by molar-refractivity contribution is 0.301. The van der Waals surface area contributed by atoms with E-state index in [1.807, 2.05) is 30.3 Å². The zero-order valence-corrected chi connectivity index (χ0v) is 12.5. The topological polar surface area (TPSA) is 37.3 Å². The largest absolute Gasteiger partial charge is 0.395 e. The Morgan fingerprint density at radius 2 is 2.06 bits per heavy atom. The van der Waals surface area contributed by atoms with Crippen molar-refractivity contribution < 1.29 is 9.32 Å². The molecule has 0 fully saturated rings. The van der Waals surface area contributed by atoms with E-state index in [-0.39, 0.29) is 11.9 Å². The average Bonchev–Trinajstić information content (AvgIpc) is 2.39. The second kappa shape index (κ2) is 9.59. The molecule has 0 saturated heterocycles. The molecular weight excluding hydrogens is 264 g/mol. The molecule has 0 spiro atoms. The molecule has 0 aliphatic carbocycles. The minimum absolute atomic E-state index is 0.112. The Hall–Kier alpha value is -0.320. The van der Waals surface area contributed by atoms with Crippen LogP contribution in [0.3, 0.4) is 0 Å². The third-order valence-electron chi connectivity index (χ3n) is 2.60. The van der Waals surface area contributed by atoms with E-state index in [0.717, 1.165) is 24.2 Å². The van der Waals surface area contributed by atoms with Gasteiger partial charge in [-0.05, 0) is 17.7 Å². The monoisotopic (exact) mass is 286 g/mol. The third-order valence-corrected chi connectivity index (χ3v) is 5.55. The molecule has 1 N–H and O–H groups in total. The van der Waals surface area contributed by atoms with Crippen LogP contribution in [-0.4, -0.2) is 32.7 Å². The van der Waals surface area contributed by atoms with E-state index >= 15 is 0 Å². The number of rotatable bonds is 9. The van der Waals surface area contributed by atoms with Crippen molar-refractivity contribution in [2.75, 3.05) is 18.1 Å². The summed E-state index contributed by atoms with van der Waals surface area (Å²) in [4.78, 5) is 0. The van der Waals surface area contributed by atoms with Crippen molar-refractivity contribution >= 4 is 22.6 Å². The zero-order valence-electron chi connectivity index (χ0n) is 10.9. The first-order chi connectivity index (χ1) is 8.76. The Kier molecular flexibility index (Phi) is 8.38. The SMILES string of the molecule is CCCCS[C@H](CO)C[S@](=O)Cc1ccccc1. The maximum atomic E-state index is 12.0. The second-order valence-electron chi connectivity index (χ2n) is 4.27. The minimum atomic E-state index is -0.887. The lowest BCUT2D eigenvalue weighted by Crippen LogP contribution is -2.19. The highest BCUT2D eigenvalue weighted by Gasteiger charge is 2.12. The molecule has 0 heterocycles. The van der Waals surface area contributed by atoms with Crippen molar-refractivity contribution in [3.63, 3.8) is 0 Å². The highest BCUT2D eigenvalue weighted by molar-refractivity contribution is 8.00. The van der Waals surface area contributed by atoms with Crippen LogP contribution >= 0.6 is 11.8 Å². The predicted molar refractivity (Wildman–Crippen MR) is 81.4 cm³/mol. The normalized spacial score (nSPS) is 14.3. The second-order valence-corrected chi connectivity index (χ2v) is 7.18. The van der Waals surface area contributed by atoms with Crippen molar-refractivity contribution in [3.8, 4) is 0 Å². The van der Waals surface area contributed by atoms with Crippen LogP contribution in [0, 0.1) is 0 Å². The molecule has 1 aromatic carbocycles. The van der Waals surface area contributed by atoms with Gasteiger partial charge in [-0.2, -0.15) is 11.8 Å². The first-order valence-corrected chi connectivity index (χ1v) is 8.91. The first-order valence-electron chi connectivity index (χ1n) is 6.37. The molecule has 0 amide bonds. The Balaban J connectivity index is 2.33. The lowest BCUT2D eigenvalue weighted by atomic mass is 10.2. The molecule has 1 rings (SSSR count). The van der Waals surface area contributed by atoms with Crippen molar-refractivity contribution in [3.05, 3.63) is 35.9 Å². The number of hydrogen-bond donors (Lipinski definition) is 1. The van der Waals surface area contributed by atoms with E-state index in [1.165, 1.54) is 0 Å². The third kappa shape index (κ3) is 6.57. The number of thioether (sulfide) groups is 1. The van der Waals surface area contributed by atoms with Gasteiger partial charge in [0.2, 0.25) is 0 Å². The van der Waals surface area contributed by atoms with Crippen molar-refractivity contribution in [2.45, 2.75) is 30.8 Å². The van der Waals surface area contributed by atoms with Crippen LogP contribution in [0.25, 0.3) is 0 Å². The molecule has 0 aliphatic rings. The molecular formula is C14H22O2S2. The molecule has 102 valence electrons. The Bertz CT molecular complexity index is 341. The van der Waals surface area contributed by atoms with Crippen LogP contribution in [0.2, 0.25) is 0 Å². The average molecular weight is 286 g/mol. The van der Waals surface area contributed by atoms with E-state index < -0.39 is 10.8 Å². The summed E-state index contributed by atoms with van der Waals surface area (Å²) in [6.45, 7) is 2.27. The summed E-state index contributed by atoms with van der Waals surface area (Å²) in [5.41, 5.74) is 1.10. The molecule has 0 saturated carbocycles. The number of hydrogen-bond acceptors (Lipinski definition) is 3. The van der Waals surface area contributed by atoms with Crippen molar-refractivity contribution in [1.82, 2.24) is 0 Å². The molecule has 1 aromatic rings. The van der Waals surface area contributed by atoms with Crippen LogP contribution in [-0.2, 0) is 16.6 Å². The van der Waals surface area contributed by atoms with Gasteiger partial charge in [-0.15, -0.1) is 0 Å². The Morgan fingerprint density at radius 1 is 1.33 bits per heavy atom. The predicted octanol–water partition coefficient (Wildman–Crippen LogP) is 2.83. The van der Waals surface area contributed by atoms with Gasteiger partial charge in [-0.3, -0.25) is 4.21 Å². The fourth-order valence-electron chi connectivity index (χ4n) is 1.57. The van der Waals surface area contributed by atoms with Crippen molar-refractivity contribution in [1.29, 1.82) is 0 Å². The maximum Gasteiger partial charge on any atom is 0.0558 e. The van der Waals surface area contributed by atoms with Gasteiger partial charge in [-0.25, -0.2) is 0 Å². The minimum Gasteiger partial charge on any atom is -0.395 e. The van der Waals surface area contributed by atoms with E-state index in [9.17, 15) is 9.32 Å². The van der Waals surface area contributed by atoms with E-state index in [1.54, 1.807) is 11.8 Å². The summed E-state index contributed by atoms with van der Waals surface area (Å²) in [5.74, 6) is 2.22. The van der Waals surface area contributed by atoms with Gasteiger partial charge in [-0.1, -0.05) is 43.7 Å². The summed E-state index contributed by atoms with van der Waals surface area (Å²) in [5, 5.41) is 9.40. The van der Waals surface area contributed by atoms with Crippen LogP contribution in [0.5, 0.6) is 0 Å². The van der Waals surface area contributed by atoms with Gasteiger partial charge < -0.3 is 5.11 Å². The fraction of sp³-hybridized carbons (Fsp3) is 0.571. The van der Waals surface area contributed by atoms with E-state index in [2.05, 4.69) is 6.92 Å². The number of aliphatic hydroxyl groups excluding tert-OH is 1. The maximum absolute atomic E-state index is 12.0.